The smallest absolute Gasteiger partial charge is 0.251 e. The second-order valence-electron chi connectivity index (χ2n) is 9.92. The van der Waals surface area contributed by atoms with Crippen LogP contribution in [0, 0.1) is 5.92 Å². The Morgan fingerprint density at radius 2 is 1.58 bits per heavy atom. The number of carbonyl (C=O) groups is 1. The molecule has 184 valence electrons. The van der Waals surface area contributed by atoms with Crippen LogP contribution in [0.2, 0.25) is 0 Å². The van der Waals surface area contributed by atoms with Crippen LogP contribution in [0.5, 0.6) is 0 Å². The molecule has 0 bridgehead atoms. The summed E-state index contributed by atoms with van der Waals surface area (Å²) in [6, 6.07) is 22.3. The van der Waals surface area contributed by atoms with Gasteiger partial charge in [0.2, 0.25) is 0 Å². The molecule has 1 amide bonds. The van der Waals surface area contributed by atoms with Crippen molar-refractivity contribution in [2.75, 3.05) is 29.9 Å². The van der Waals surface area contributed by atoms with E-state index in [0.717, 1.165) is 60.4 Å². The number of nitrogens with one attached hydrogen (secondary N) is 2. The van der Waals surface area contributed by atoms with E-state index >= 15 is 0 Å². The minimum atomic E-state index is -0.163. The minimum absolute atomic E-state index is 0.0164. The number of amides is 1. The van der Waals surface area contributed by atoms with E-state index in [2.05, 4.69) is 63.1 Å². The molecule has 4 aromatic rings. The van der Waals surface area contributed by atoms with Gasteiger partial charge in [-0.15, -0.1) is 0 Å². The number of nitrogens with zero attached hydrogens (tertiary/aromatic N) is 3. The van der Waals surface area contributed by atoms with Crippen molar-refractivity contribution in [1.82, 2.24) is 15.1 Å². The normalized spacial score (nSPS) is 16.3. The third-order valence-electron chi connectivity index (χ3n) is 7.18. The van der Waals surface area contributed by atoms with Crippen LogP contribution in [0.15, 0.2) is 72.9 Å². The number of aliphatic hydroxyl groups excluding tert-OH is 1. The number of benzene rings is 3. The molecule has 3 aromatic carbocycles. The lowest BCUT2D eigenvalue weighted by Crippen LogP contribution is -2.35. The van der Waals surface area contributed by atoms with Gasteiger partial charge in [-0.3, -0.25) is 4.79 Å². The largest absolute Gasteiger partial charge is 0.393 e. The zero-order chi connectivity index (χ0) is 24.5. The standard InChI is InChI=1S/C29H31N5O2/c35-27-13-15-33(16-14-27)25-10-5-23(6-11-25)32-24-7-12-28-22(17-24)19-31-34(28)26-8-3-21(4-9-26)29(36)30-18-20-1-2-20/h3-12,17,19-20,27,32,35H,1-2,13-16,18H2,(H,30,36). The van der Waals surface area contributed by atoms with Gasteiger partial charge in [0.05, 0.1) is 23.5 Å². The summed E-state index contributed by atoms with van der Waals surface area (Å²) in [4.78, 5) is 14.7. The van der Waals surface area contributed by atoms with Crippen LogP contribution < -0.4 is 15.5 Å². The molecule has 2 fully saturated rings. The maximum atomic E-state index is 12.3. The van der Waals surface area contributed by atoms with E-state index in [1.54, 1.807) is 0 Å². The average Bonchev–Trinajstić information content (AvgIpc) is 3.65. The molecule has 7 heteroatoms. The van der Waals surface area contributed by atoms with Gasteiger partial charge < -0.3 is 20.6 Å². The van der Waals surface area contributed by atoms with Gasteiger partial charge in [-0.05, 0) is 98.3 Å². The van der Waals surface area contributed by atoms with Crippen LogP contribution in [0.1, 0.15) is 36.0 Å². The summed E-state index contributed by atoms with van der Waals surface area (Å²) in [6.07, 6.45) is 5.80. The first-order chi connectivity index (χ1) is 17.6. The van der Waals surface area contributed by atoms with Gasteiger partial charge in [-0.2, -0.15) is 5.10 Å². The highest BCUT2D eigenvalue weighted by atomic mass is 16.3. The average molecular weight is 482 g/mol. The Bertz CT molecular complexity index is 1350. The summed E-state index contributed by atoms with van der Waals surface area (Å²) < 4.78 is 1.90. The number of carbonyl (C=O) groups excluding carboxylic acids is 1. The van der Waals surface area contributed by atoms with E-state index in [1.165, 1.54) is 18.5 Å². The zero-order valence-corrected chi connectivity index (χ0v) is 20.2. The summed E-state index contributed by atoms with van der Waals surface area (Å²) in [7, 11) is 0. The molecule has 3 N–H and O–H groups in total. The van der Waals surface area contributed by atoms with E-state index < -0.39 is 0 Å². The number of anilines is 3. The number of hydrogen-bond donors (Lipinski definition) is 3. The Morgan fingerprint density at radius 3 is 2.31 bits per heavy atom. The fourth-order valence-electron chi connectivity index (χ4n) is 4.78. The van der Waals surface area contributed by atoms with E-state index in [1.807, 2.05) is 35.1 Å². The predicted octanol–water partition coefficient (Wildman–Crippen LogP) is 4.87. The topological polar surface area (TPSA) is 82.4 Å². The van der Waals surface area contributed by atoms with E-state index in [0.29, 0.717) is 11.5 Å². The molecule has 0 spiro atoms. The number of hydrogen-bond acceptors (Lipinski definition) is 5. The van der Waals surface area contributed by atoms with Crippen molar-refractivity contribution in [3.63, 3.8) is 0 Å². The van der Waals surface area contributed by atoms with Gasteiger partial charge in [0.25, 0.3) is 5.91 Å². The molecule has 36 heavy (non-hydrogen) atoms. The van der Waals surface area contributed by atoms with E-state index in [4.69, 9.17) is 0 Å². The van der Waals surface area contributed by atoms with Crippen molar-refractivity contribution in [2.45, 2.75) is 31.8 Å². The molecule has 6 rings (SSSR count). The van der Waals surface area contributed by atoms with Crippen molar-refractivity contribution in [2.24, 2.45) is 5.92 Å². The van der Waals surface area contributed by atoms with Crippen molar-refractivity contribution in [3.05, 3.63) is 78.5 Å². The molecule has 7 nitrogen and oxygen atoms in total. The number of aliphatic hydroxyl groups is 1. The first kappa shape index (κ1) is 22.6. The van der Waals surface area contributed by atoms with Gasteiger partial charge in [0.15, 0.2) is 0 Å². The van der Waals surface area contributed by atoms with Crippen molar-refractivity contribution < 1.29 is 9.90 Å². The molecule has 1 saturated carbocycles. The lowest BCUT2D eigenvalue weighted by atomic mass is 10.1. The maximum absolute atomic E-state index is 12.3. The lowest BCUT2D eigenvalue weighted by molar-refractivity contribution is 0.0951. The van der Waals surface area contributed by atoms with Crippen LogP contribution in [-0.4, -0.2) is 46.5 Å². The summed E-state index contributed by atoms with van der Waals surface area (Å²) in [5, 5.41) is 21.9. The molecular formula is C29H31N5O2. The number of piperidine rings is 1. The third-order valence-corrected chi connectivity index (χ3v) is 7.18. The van der Waals surface area contributed by atoms with Gasteiger partial charge in [0.1, 0.15) is 0 Å². The monoisotopic (exact) mass is 481 g/mol. The van der Waals surface area contributed by atoms with Crippen LogP contribution >= 0.6 is 0 Å². The fourth-order valence-corrected chi connectivity index (χ4v) is 4.78. The Labute approximate surface area is 210 Å². The second-order valence-corrected chi connectivity index (χ2v) is 9.92. The Balaban J connectivity index is 1.13. The molecule has 0 atom stereocenters. The van der Waals surface area contributed by atoms with Gasteiger partial charge in [-0.1, -0.05) is 0 Å². The summed E-state index contributed by atoms with van der Waals surface area (Å²) >= 11 is 0. The number of fused-ring (bicyclic) bond motifs is 1. The Hall–Kier alpha value is -3.84. The molecule has 0 unspecified atom stereocenters. The Morgan fingerprint density at radius 1 is 0.889 bits per heavy atom. The van der Waals surface area contributed by atoms with Gasteiger partial charge in [0, 0.05) is 47.6 Å². The number of rotatable bonds is 7. The van der Waals surface area contributed by atoms with Crippen LogP contribution in [0.4, 0.5) is 17.1 Å². The summed E-state index contributed by atoms with van der Waals surface area (Å²) in [5.74, 6) is 0.648. The van der Waals surface area contributed by atoms with Crippen LogP contribution in [0.3, 0.4) is 0 Å². The summed E-state index contributed by atoms with van der Waals surface area (Å²) in [6.45, 7) is 2.56. The molecular weight excluding hydrogens is 450 g/mol. The first-order valence-corrected chi connectivity index (χ1v) is 12.8. The zero-order valence-electron chi connectivity index (χ0n) is 20.2. The highest BCUT2D eigenvalue weighted by Gasteiger charge is 2.22. The minimum Gasteiger partial charge on any atom is -0.393 e. The first-order valence-electron chi connectivity index (χ1n) is 12.8. The van der Waals surface area contributed by atoms with Crippen molar-refractivity contribution in [1.29, 1.82) is 0 Å². The SMILES string of the molecule is O=C(NCC1CC1)c1ccc(-n2ncc3cc(Nc4ccc(N5CCC(O)CC5)cc4)ccc32)cc1. The molecule has 1 aliphatic carbocycles. The maximum Gasteiger partial charge on any atom is 0.251 e. The molecule has 0 radical (unpaired) electrons. The molecule has 2 heterocycles. The quantitative estimate of drug-likeness (QED) is 0.351. The second kappa shape index (κ2) is 9.66. The van der Waals surface area contributed by atoms with Crippen molar-refractivity contribution in [3.8, 4) is 5.69 Å². The van der Waals surface area contributed by atoms with E-state index in [-0.39, 0.29) is 12.0 Å². The van der Waals surface area contributed by atoms with Crippen molar-refractivity contribution >= 4 is 33.9 Å². The molecule has 2 aliphatic rings. The third kappa shape index (κ3) is 4.93. The summed E-state index contributed by atoms with van der Waals surface area (Å²) in [5.41, 5.74) is 5.82. The lowest BCUT2D eigenvalue weighted by Gasteiger charge is -2.31. The van der Waals surface area contributed by atoms with Crippen LogP contribution in [-0.2, 0) is 0 Å². The van der Waals surface area contributed by atoms with Gasteiger partial charge in [-0.25, -0.2) is 4.68 Å². The highest BCUT2D eigenvalue weighted by Crippen LogP contribution is 2.28. The molecule has 1 aliphatic heterocycles. The fraction of sp³-hybridized carbons (Fsp3) is 0.310. The van der Waals surface area contributed by atoms with E-state index in [9.17, 15) is 9.90 Å². The highest BCUT2D eigenvalue weighted by molar-refractivity contribution is 5.94. The molecule has 1 saturated heterocycles. The van der Waals surface area contributed by atoms with Gasteiger partial charge >= 0.3 is 0 Å². The Kier molecular flexibility index (Phi) is 6.07. The predicted molar refractivity (Wildman–Crippen MR) is 143 cm³/mol. The number of aromatic nitrogens is 2. The molecule has 1 aromatic heterocycles. The van der Waals surface area contributed by atoms with Crippen LogP contribution in [0.25, 0.3) is 16.6 Å².